The van der Waals surface area contributed by atoms with Crippen LogP contribution in [0.5, 0.6) is 0 Å². The van der Waals surface area contributed by atoms with Gasteiger partial charge in [-0.15, -0.1) is 0 Å². The molecule has 1 aliphatic carbocycles. The van der Waals surface area contributed by atoms with Crippen LogP contribution in [-0.2, 0) is 4.74 Å². The molecule has 1 saturated carbocycles. The van der Waals surface area contributed by atoms with Gasteiger partial charge >= 0.3 is 0 Å². The molecular weight excluding hydrogens is 308 g/mol. The molecule has 1 aliphatic rings. The van der Waals surface area contributed by atoms with Crippen LogP contribution in [0, 0.1) is 6.92 Å². The number of nitrogens with one attached hydrogen (secondary N) is 1. The summed E-state index contributed by atoms with van der Waals surface area (Å²) in [6.07, 6.45) is 1.87. The fraction of sp³-hybridized carbons (Fsp3) is 0.444. The van der Waals surface area contributed by atoms with Gasteiger partial charge in [-0.25, -0.2) is 0 Å². The van der Waals surface area contributed by atoms with Crippen molar-refractivity contribution in [1.29, 1.82) is 0 Å². The number of aliphatic hydroxyl groups excluding tert-OH is 1. The molecule has 1 amide bonds. The van der Waals surface area contributed by atoms with Crippen molar-refractivity contribution in [3.8, 4) is 0 Å². The number of rotatable bonds is 8. The van der Waals surface area contributed by atoms with E-state index in [0.29, 0.717) is 18.2 Å². The third kappa shape index (κ3) is 4.21. The maximum Gasteiger partial charge on any atom is 0.273 e. The minimum atomic E-state index is -0.323. The van der Waals surface area contributed by atoms with Crippen LogP contribution in [-0.4, -0.2) is 35.9 Å². The molecular formula is C18H22N2O4. The number of aromatic nitrogens is 1. The second-order valence-electron chi connectivity index (χ2n) is 6.09. The lowest BCUT2D eigenvalue weighted by atomic mass is 10.1. The zero-order chi connectivity index (χ0) is 16.9. The van der Waals surface area contributed by atoms with E-state index in [9.17, 15) is 4.79 Å². The van der Waals surface area contributed by atoms with Gasteiger partial charge in [0.2, 0.25) is 0 Å². The standard InChI is InChI=1S/C18H22N2O4/c1-12-2-4-14(5-3-12)17(23-9-8-21)11-19-18(22)15-10-16(24-20-15)13-6-7-13/h2-5,10,13,17,21H,6-9,11H2,1H3,(H,19,22)/t17-/m1/s1. The molecule has 128 valence electrons. The maximum absolute atomic E-state index is 12.2. The molecule has 0 radical (unpaired) electrons. The Morgan fingerprint density at radius 3 is 2.83 bits per heavy atom. The van der Waals surface area contributed by atoms with Gasteiger partial charge in [0.1, 0.15) is 5.76 Å². The average Bonchev–Trinajstić information content (AvgIpc) is 3.33. The normalized spacial score (nSPS) is 15.2. The van der Waals surface area contributed by atoms with Gasteiger partial charge in [0, 0.05) is 18.5 Å². The fourth-order valence-electron chi connectivity index (χ4n) is 2.48. The van der Waals surface area contributed by atoms with Crippen LogP contribution in [0.25, 0.3) is 0 Å². The van der Waals surface area contributed by atoms with E-state index in [1.165, 1.54) is 0 Å². The van der Waals surface area contributed by atoms with Crippen LogP contribution in [0.3, 0.4) is 0 Å². The molecule has 1 heterocycles. The van der Waals surface area contributed by atoms with E-state index in [1.807, 2.05) is 31.2 Å². The molecule has 0 unspecified atom stereocenters. The van der Waals surface area contributed by atoms with Gasteiger partial charge < -0.3 is 19.7 Å². The van der Waals surface area contributed by atoms with Gasteiger partial charge in [0.05, 0.1) is 19.3 Å². The Bertz CT molecular complexity index is 677. The molecule has 2 aromatic rings. The summed E-state index contributed by atoms with van der Waals surface area (Å²) in [5.74, 6) is 0.925. The summed E-state index contributed by atoms with van der Waals surface area (Å²) in [4.78, 5) is 12.2. The number of hydrogen-bond donors (Lipinski definition) is 2. The van der Waals surface area contributed by atoms with Crippen LogP contribution in [0.4, 0.5) is 0 Å². The first-order chi connectivity index (χ1) is 11.7. The highest BCUT2D eigenvalue weighted by molar-refractivity contribution is 5.92. The summed E-state index contributed by atoms with van der Waals surface area (Å²) in [5.41, 5.74) is 2.40. The van der Waals surface area contributed by atoms with Gasteiger partial charge in [-0.3, -0.25) is 4.79 Å². The minimum Gasteiger partial charge on any atom is -0.394 e. The van der Waals surface area contributed by atoms with E-state index in [-0.39, 0.29) is 25.2 Å². The van der Waals surface area contributed by atoms with E-state index >= 15 is 0 Å². The van der Waals surface area contributed by atoms with Crippen molar-refractivity contribution in [3.63, 3.8) is 0 Å². The van der Waals surface area contributed by atoms with Crippen molar-refractivity contribution in [1.82, 2.24) is 10.5 Å². The molecule has 0 spiro atoms. The molecule has 6 heteroatoms. The first-order valence-corrected chi connectivity index (χ1v) is 8.21. The Labute approximate surface area is 140 Å². The summed E-state index contributed by atoms with van der Waals surface area (Å²) in [5, 5.41) is 15.6. The van der Waals surface area contributed by atoms with E-state index in [1.54, 1.807) is 6.07 Å². The fourth-order valence-corrected chi connectivity index (χ4v) is 2.48. The zero-order valence-electron chi connectivity index (χ0n) is 13.7. The summed E-state index contributed by atoms with van der Waals surface area (Å²) >= 11 is 0. The smallest absolute Gasteiger partial charge is 0.273 e. The highest BCUT2D eigenvalue weighted by Crippen LogP contribution is 2.40. The summed E-state index contributed by atoms with van der Waals surface area (Å²) in [6.45, 7) is 2.46. The van der Waals surface area contributed by atoms with E-state index in [4.69, 9.17) is 14.4 Å². The molecule has 0 bridgehead atoms. The molecule has 1 aromatic heterocycles. The van der Waals surface area contributed by atoms with Crippen molar-refractivity contribution >= 4 is 5.91 Å². The maximum atomic E-state index is 12.2. The van der Waals surface area contributed by atoms with E-state index < -0.39 is 0 Å². The monoisotopic (exact) mass is 330 g/mol. The second kappa shape index (κ2) is 7.59. The predicted octanol–water partition coefficient (Wildman–Crippen LogP) is 2.34. The highest BCUT2D eigenvalue weighted by atomic mass is 16.5. The van der Waals surface area contributed by atoms with Crippen LogP contribution < -0.4 is 5.32 Å². The lowest BCUT2D eigenvalue weighted by Crippen LogP contribution is -2.30. The Morgan fingerprint density at radius 1 is 1.42 bits per heavy atom. The molecule has 0 saturated heterocycles. The lowest BCUT2D eigenvalue weighted by molar-refractivity contribution is 0.0276. The molecule has 0 aliphatic heterocycles. The largest absolute Gasteiger partial charge is 0.394 e. The number of aliphatic hydroxyl groups is 1. The lowest BCUT2D eigenvalue weighted by Gasteiger charge is -2.18. The predicted molar refractivity (Wildman–Crippen MR) is 87.8 cm³/mol. The number of carbonyl (C=O) groups excluding carboxylic acids is 1. The number of nitrogens with zero attached hydrogens (tertiary/aromatic N) is 1. The van der Waals surface area contributed by atoms with Crippen molar-refractivity contribution < 1.29 is 19.2 Å². The summed E-state index contributed by atoms with van der Waals surface area (Å²) < 4.78 is 10.9. The average molecular weight is 330 g/mol. The van der Waals surface area contributed by atoms with Gasteiger partial charge in [0.25, 0.3) is 5.91 Å². The number of hydrogen-bond acceptors (Lipinski definition) is 5. The van der Waals surface area contributed by atoms with E-state index in [0.717, 1.165) is 29.7 Å². The Kier molecular flexibility index (Phi) is 5.27. The van der Waals surface area contributed by atoms with Crippen molar-refractivity contribution in [3.05, 3.63) is 52.9 Å². The molecule has 3 rings (SSSR count). The molecule has 6 nitrogen and oxygen atoms in total. The molecule has 24 heavy (non-hydrogen) atoms. The summed E-state index contributed by atoms with van der Waals surface area (Å²) in [7, 11) is 0. The minimum absolute atomic E-state index is 0.0651. The second-order valence-corrected chi connectivity index (χ2v) is 6.09. The van der Waals surface area contributed by atoms with Gasteiger partial charge in [-0.2, -0.15) is 0 Å². The van der Waals surface area contributed by atoms with Crippen LogP contribution in [0.2, 0.25) is 0 Å². The van der Waals surface area contributed by atoms with Crippen LogP contribution >= 0.6 is 0 Å². The Balaban J connectivity index is 1.61. The molecule has 1 fully saturated rings. The van der Waals surface area contributed by atoms with Gasteiger partial charge in [0.15, 0.2) is 5.69 Å². The Morgan fingerprint density at radius 2 is 2.17 bits per heavy atom. The quantitative estimate of drug-likeness (QED) is 0.776. The number of amides is 1. The first-order valence-electron chi connectivity index (χ1n) is 8.21. The first kappa shape index (κ1) is 16.7. The topological polar surface area (TPSA) is 84.6 Å². The van der Waals surface area contributed by atoms with Crippen molar-refractivity contribution in [2.45, 2.75) is 31.8 Å². The third-order valence-electron chi connectivity index (χ3n) is 4.05. The van der Waals surface area contributed by atoms with Gasteiger partial charge in [-0.1, -0.05) is 35.0 Å². The number of carbonyl (C=O) groups is 1. The molecule has 1 atom stereocenters. The van der Waals surface area contributed by atoms with Gasteiger partial charge in [-0.05, 0) is 25.3 Å². The number of ether oxygens (including phenoxy) is 1. The van der Waals surface area contributed by atoms with Crippen molar-refractivity contribution in [2.75, 3.05) is 19.8 Å². The highest BCUT2D eigenvalue weighted by Gasteiger charge is 2.29. The SMILES string of the molecule is Cc1ccc([C@@H](CNC(=O)c2cc(C3CC3)on2)OCCO)cc1. The summed E-state index contributed by atoms with van der Waals surface area (Å²) in [6, 6.07) is 9.62. The molecule has 2 N–H and O–H groups in total. The number of aryl methyl sites for hydroxylation is 1. The molecule has 1 aromatic carbocycles. The Hall–Kier alpha value is -2.18. The third-order valence-corrected chi connectivity index (χ3v) is 4.05. The van der Waals surface area contributed by atoms with Crippen LogP contribution in [0.1, 0.15) is 52.2 Å². The zero-order valence-corrected chi connectivity index (χ0v) is 13.7. The number of benzene rings is 1. The van der Waals surface area contributed by atoms with E-state index in [2.05, 4.69) is 10.5 Å². The van der Waals surface area contributed by atoms with Crippen molar-refractivity contribution in [2.24, 2.45) is 0 Å². The van der Waals surface area contributed by atoms with Crippen LogP contribution in [0.15, 0.2) is 34.9 Å².